The quantitative estimate of drug-likeness (QED) is 0.595. The molecule has 1 aliphatic heterocycles. The highest BCUT2D eigenvalue weighted by molar-refractivity contribution is 5.96. The zero-order chi connectivity index (χ0) is 16.2. The molecule has 1 rings (SSSR count). The van der Waals surface area contributed by atoms with Crippen LogP contribution in [0.25, 0.3) is 0 Å². The standard InChI is InChI=1S/C14H26N4O3/c1-10(12(20)15-13(21)16-14(3,4)5)17-6-8-18(9-7-17)11(2)19/h10H,6-9H2,1-5H3,(H2,15,16,20,21)/p+1/t10-/m1/s1. The van der Waals surface area contributed by atoms with E-state index in [1.165, 1.54) is 0 Å². The van der Waals surface area contributed by atoms with Crippen LogP contribution in [0, 0.1) is 0 Å². The first-order valence-corrected chi connectivity index (χ1v) is 7.33. The predicted molar refractivity (Wildman–Crippen MR) is 78.8 cm³/mol. The number of nitrogens with zero attached hydrogens (tertiary/aromatic N) is 1. The van der Waals surface area contributed by atoms with Gasteiger partial charge in [-0.1, -0.05) is 0 Å². The molecule has 0 unspecified atom stereocenters. The van der Waals surface area contributed by atoms with E-state index in [2.05, 4.69) is 10.6 Å². The molecule has 120 valence electrons. The highest BCUT2D eigenvalue weighted by Crippen LogP contribution is 1.97. The molecule has 21 heavy (non-hydrogen) atoms. The molecular weight excluding hydrogens is 272 g/mol. The molecule has 7 heteroatoms. The molecule has 0 aliphatic carbocycles. The third kappa shape index (κ3) is 5.71. The minimum absolute atomic E-state index is 0.0655. The molecule has 0 radical (unpaired) electrons. The van der Waals surface area contributed by atoms with Crippen molar-refractivity contribution in [2.24, 2.45) is 0 Å². The van der Waals surface area contributed by atoms with Crippen LogP contribution in [0.2, 0.25) is 0 Å². The van der Waals surface area contributed by atoms with Crippen molar-refractivity contribution in [1.29, 1.82) is 0 Å². The number of carbonyl (C=O) groups is 3. The molecule has 1 heterocycles. The minimum Gasteiger partial charge on any atom is -0.333 e. The third-order valence-electron chi connectivity index (χ3n) is 3.58. The number of rotatable bonds is 2. The van der Waals surface area contributed by atoms with Gasteiger partial charge in [-0.25, -0.2) is 4.79 Å². The summed E-state index contributed by atoms with van der Waals surface area (Å²) in [4.78, 5) is 37.9. The molecule has 1 fully saturated rings. The Hall–Kier alpha value is -1.63. The number of hydrogen-bond donors (Lipinski definition) is 3. The fourth-order valence-corrected chi connectivity index (χ4v) is 2.32. The Balaban J connectivity index is 2.45. The molecule has 0 aromatic carbocycles. The van der Waals surface area contributed by atoms with Crippen molar-refractivity contribution >= 4 is 17.8 Å². The molecule has 0 bridgehead atoms. The smallest absolute Gasteiger partial charge is 0.322 e. The van der Waals surface area contributed by atoms with Gasteiger partial charge < -0.3 is 15.1 Å². The van der Waals surface area contributed by atoms with Gasteiger partial charge in [-0.2, -0.15) is 0 Å². The van der Waals surface area contributed by atoms with Gasteiger partial charge in [0.05, 0.1) is 26.2 Å². The predicted octanol–water partition coefficient (Wildman–Crippen LogP) is -1.25. The summed E-state index contributed by atoms with van der Waals surface area (Å²) in [5, 5.41) is 5.07. The van der Waals surface area contributed by atoms with Gasteiger partial charge in [-0.3, -0.25) is 14.9 Å². The Morgan fingerprint density at radius 2 is 1.67 bits per heavy atom. The van der Waals surface area contributed by atoms with Gasteiger partial charge in [0.15, 0.2) is 6.04 Å². The highest BCUT2D eigenvalue weighted by atomic mass is 16.2. The second kappa shape index (κ2) is 6.89. The van der Waals surface area contributed by atoms with E-state index in [-0.39, 0.29) is 23.4 Å². The van der Waals surface area contributed by atoms with Crippen LogP contribution in [-0.4, -0.2) is 60.5 Å². The Morgan fingerprint density at radius 3 is 2.10 bits per heavy atom. The third-order valence-corrected chi connectivity index (χ3v) is 3.58. The number of amides is 4. The Labute approximate surface area is 126 Å². The monoisotopic (exact) mass is 299 g/mol. The second-order valence-electron chi connectivity index (χ2n) is 6.58. The topological polar surface area (TPSA) is 83.0 Å². The Kier molecular flexibility index (Phi) is 5.71. The number of carbonyl (C=O) groups excluding carboxylic acids is 3. The van der Waals surface area contributed by atoms with E-state index in [1.54, 1.807) is 18.7 Å². The van der Waals surface area contributed by atoms with Crippen LogP contribution in [0.4, 0.5) is 4.79 Å². The van der Waals surface area contributed by atoms with Gasteiger partial charge in [-0.05, 0) is 27.7 Å². The normalized spacial score (nSPS) is 18.0. The van der Waals surface area contributed by atoms with E-state index in [0.717, 1.165) is 18.0 Å². The second-order valence-corrected chi connectivity index (χ2v) is 6.58. The summed E-state index contributed by atoms with van der Waals surface area (Å²) in [5.41, 5.74) is -0.381. The summed E-state index contributed by atoms with van der Waals surface area (Å²) in [6, 6.07) is -0.786. The van der Waals surface area contributed by atoms with Gasteiger partial charge in [0.2, 0.25) is 5.91 Å². The average Bonchev–Trinajstić information content (AvgIpc) is 2.35. The first-order chi connectivity index (χ1) is 9.60. The summed E-state index contributed by atoms with van der Waals surface area (Å²) in [6.45, 7) is 11.7. The van der Waals surface area contributed by atoms with E-state index in [1.807, 2.05) is 20.8 Å². The molecule has 1 atom stereocenters. The van der Waals surface area contributed by atoms with Crippen LogP contribution in [0.5, 0.6) is 0 Å². The van der Waals surface area contributed by atoms with Crippen LogP contribution in [0.15, 0.2) is 0 Å². The van der Waals surface area contributed by atoms with E-state index in [0.29, 0.717) is 13.1 Å². The van der Waals surface area contributed by atoms with Crippen molar-refractivity contribution < 1.29 is 19.3 Å². The fourth-order valence-electron chi connectivity index (χ4n) is 2.32. The molecular formula is C14H27N4O3+. The average molecular weight is 299 g/mol. The molecule has 0 saturated carbocycles. The first-order valence-electron chi connectivity index (χ1n) is 7.33. The molecule has 0 aromatic heterocycles. The van der Waals surface area contributed by atoms with E-state index >= 15 is 0 Å². The lowest BCUT2D eigenvalue weighted by atomic mass is 10.1. The van der Waals surface area contributed by atoms with Crippen LogP contribution < -0.4 is 15.5 Å². The SMILES string of the molecule is CC(=O)N1CC[NH+]([C@H](C)C(=O)NC(=O)NC(C)(C)C)CC1. The summed E-state index contributed by atoms with van der Waals surface area (Å²) in [7, 11) is 0. The molecule has 0 spiro atoms. The number of urea groups is 1. The van der Waals surface area contributed by atoms with Gasteiger partial charge in [0.1, 0.15) is 0 Å². The zero-order valence-corrected chi connectivity index (χ0v) is 13.6. The summed E-state index contributed by atoms with van der Waals surface area (Å²) >= 11 is 0. The highest BCUT2D eigenvalue weighted by Gasteiger charge is 2.31. The van der Waals surface area contributed by atoms with Crippen molar-refractivity contribution in [1.82, 2.24) is 15.5 Å². The van der Waals surface area contributed by atoms with Crippen molar-refractivity contribution in [2.45, 2.75) is 46.2 Å². The number of quaternary nitrogens is 1. The lowest BCUT2D eigenvalue weighted by Gasteiger charge is -2.34. The van der Waals surface area contributed by atoms with E-state index < -0.39 is 6.03 Å². The summed E-state index contributed by atoms with van der Waals surface area (Å²) < 4.78 is 0. The lowest BCUT2D eigenvalue weighted by Crippen LogP contribution is -3.19. The van der Waals surface area contributed by atoms with Gasteiger partial charge >= 0.3 is 6.03 Å². The van der Waals surface area contributed by atoms with Crippen LogP contribution in [0.1, 0.15) is 34.6 Å². The Bertz CT molecular complexity index is 409. The van der Waals surface area contributed by atoms with Gasteiger partial charge in [0, 0.05) is 12.5 Å². The number of piperazine rings is 1. The Morgan fingerprint density at radius 1 is 1.14 bits per heavy atom. The van der Waals surface area contributed by atoms with Crippen molar-refractivity contribution in [3.63, 3.8) is 0 Å². The van der Waals surface area contributed by atoms with Crippen LogP contribution in [0.3, 0.4) is 0 Å². The van der Waals surface area contributed by atoms with Crippen molar-refractivity contribution in [2.75, 3.05) is 26.2 Å². The molecule has 0 aromatic rings. The molecule has 7 nitrogen and oxygen atoms in total. The van der Waals surface area contributed by atoms with Gasteiger partial charge in [-0.15, -0.1) is 0 Å². The molecule has 1 saturated heterocycles. The van der Waals surface area contributed by atoms with E-state index in [9.17, 15) is 14.4 Å². The first kappa shape index (κ1) is 17.4. The number of hydrogen-bond acceptors (Lipinski definition) is 3. The number of nitrogens with one attached hydrogen (secondary N) is 3. The van der Waals surface area contributed by atoms with Gasteiger partial charge in [0.25, 0.3) is 5.91 Å². The summed E-state index contributed by atoms with van der Waals surface area (Å²) in [6.07, 6.45) is 0. The lowest BCUT2D eigenvalue weighted by molar-refractivity contribution is -0.917. The van der Waals surface area contributed by atoms with Crippen molar-refractivity contribution in [3.8, 4) is 0 Å². The van der Waals surface area contributed by atoms with Crippen LogP contribution in [-0.2, 0) is 9.59 Å². The minimum atomic E-state index is -0.471. The molecule has 4 amide bonds. The van der Waals surface area contributed by atoms with Crippen LogP contribution >= 0.6 is 0 Å². The largest absolute Gasteiger partial charge is 0.333 e. The summed E-state index contributed by atoms with van der Waals surface area (Å²) in [5.74, 6) is -0.223. The maximum Gasteiger partial charge on any atom is 0.322 e. The maximum absolute atomic E-state index is 12.1. The maximum atomic E-state index is 12.1. The fraction of sp³-hybridized carbons (Fsp3) is 0.786. The van der Waals surface area contributed by atoms with Crippen molar-refractivity contribution in [3.05, 3.63) is 0 Å². The molecule has 3 N–H and O–H groups in total. The number of imide groups is 1. The zero-order valence-electron chi connectivity index (χ0n) is 13.6. The van der Waals surface area contributed by atoms with E-state index in [4.69, 9.17) is 0 Å². The molecule has 1 aliphatic rings.